The Kier molecular flexibility index (Phi) is 3.40. The number of nitrogens with zero attached hydrogens (tertiary/aromatic N) is 2. The van der Waals surface area contributed by atoms with E-state index in [0.717, 1.165) is 6.42 Å². The van der Waals surface area contributed by atoms with Gasteiger partial charge in [-0.05, 0) is 32.4 Å². The second-order valence-corrected chi connectivity index (χ2v) is 4.91. The molecular formula is C13H15N3O3. The van der Waals surface area contributed by atoms with Crippen molar-refractivity contribution in [2.45, 2.75) is 31.9 Å². The van der Waals surface area contributed by atoms with Gasteiger partial charge < -0.3 is 10.1 Å². The van der Waals surface area contributed by atoms with E-state index >= 15 is 0 Å². The van der Waals surface area contributed by atoms with E-state index in [-0.39, 0.29) is 22.9 Å². The molecule has 0 bridgehead atoms. The lowest BCUT2D eigenvalue weighted by atomic mass is 9.94. The molecule has 100 valence electrons. The number of ether oxygens (including phenoxy) is 1. The Labute approximate surface area is 111 Å². The molecule has 1 heterocycles. The monoisotopic (exact) mass is 261 g/mol. The molecule has 1 aliphatic heterocycles. The molecule has 6 heteroatoms. The van der Waals surface area contributed by atoms with Crippen LogP contribution in [0.1, 0.15) is 25.8 Å². The number of rotatable bonds is 3. The highest BCUT2D eigenvalue weighted by Crippen LogP contribution is 2.34. The molecule has 2 atom stereocenters. The second-order valence-electron chi connectivity index (χ2n) is 4.91. The van der Waals surface area contributed by atoms with Gasteiger partial charge in [0, 0.05) is 12.7 Å². The van der Waals surface area contributed by atoms with E-state index in [1.54, 1.807) is 12.1 Å². The lowest BCUT2D eigenvalue weighted by Gasteiger charge is -2.29. The van der Waals surface area contributed by atoms with Gasteiger partial charge in [0.15, 0.2) is 0 Å². The molecule has 1 fully saturated rings. The normalized spacial score (nSPS) is 25.8. The van der Waals surface area contributed by atoms with Crippen LogP contribution in [0, 0.1) is 21.4 Å². The number of anilines is 1. The summed E-state index contributed by atoms with van der Waals surface area (Å²) >= 11 is 0. The number of nitrogens with one attached hydrogen (secondary N) is 1. The minimum absolute atomic E-state index is 0.0252. The Balaban J connectivity index is 2.35. The van der Waals surface area contributed by atoms with Crippen molar-refractivity contribution < 1.29 is 9.66 Å². The van der Waals surface area contributed by atoms with Gasteiger partial charge in [0.25, 0.3) is 5.69 Å². The van der Waals surface area contributed by atoms with Gasteiger partial charge in [0.1, 0.15) is 5.69 Å². The predicted molar refractivity (Wildman–Crippen MR) is 69.9 cm³/mol. The summed E-state index contributed by atoms with van der Waals surface area (Å²) in [4.78, 5) is 10.6. The molecule has 0 spiro atoms. The molecular weight excluding hydrogens is 246 g/mol. The summed E-state index contributed by atoms with van der Waals surface area (Å²) in [6.07, 6.45) is 0.758. The van der Waals surface area contributed by atoms with Crippen molar-refractivity contribution in [1.29, 1.82) is 5.26 Å². The van der Waals surface area contributed by atoms with Gasteiger partial charge in [-0.15, -0.1) is 0 Å². The molecule has 6 nitrogen and oxygen atoms in total. The number of nitro groups is 1. The van der Waals surface area contributed by atoms with E-state index in [4.69, 9.17) is 10.00 Å². The molecule has 2 rings (SSSR count). The van der Waals surface area contributed by atoms with Gasteiger partial charge in [0.2, 0.25) is 0 Å². The molecule has 0 unspecified atom stereocenters. The van der Waals surface area contributed by atoms with Crippen molar-refractivity contribution in [2.75, 3.05) is 11.9 Å². The van der Waals surface area contributed by atoms with Gasteiger partial charge in [-0.2, -0.15) is 5.26 Å². The number of nitriles is 1. The topological polar surface area (TPSA) is 88.2 Å². The zero-order valence-electron chi connectivity index (χ0n) is 10.8. The fraction of sp³-hybridized carbons (Fsp3) is 0.462. The number of hydrogen-bond donors (Lipinski definition) is 1. The molecule has 1 aromatic carbocycles. The predicted octanol–water partition coefficient (Wildman–Crippen LogP) is 2.45. The van der Waals surface area contributed by atoms with Crippen LogP contribution in [0.3, 0.4) is 0 Å². The average Bonchev–Trinajstić information content (AvgIpc) is 2.69. The molecule has 1 saturated heterocycles. The minimum atomic E-state index is -0.479. The summed E-state index contributed by atoms with van der Waals surface area (Å²) in [6.45, 7) is 4.55. The summed E-state index contributed by atoms with van der Waals surface area (Å²) in [5.74, 6) is 0. The van der Waals surface area contributed by atoms with E-state index in [1.807, 2.05) is 19.9 Å². The van der Waals surface area contributed by atoms with E-state index in [2.05, 4.69) is 5.32 Å². The minimum Gasteiger partial charge on any atom is -0.376 e. The summed E-state index contributed by atoms with van der Waals surface area (Å²) in [5, 5.41) is 23.1. The molecule has 1 aromatic rings. The Bertz CT molecular complexity index is 553. The zero-order valence-corrected chi connectivity index (χ0v) is 10.8. The number of nitro benzene ring substituents is 1. The molecule has 0 saturated carbocycles. The van der Waals surface area contributed by atoms with Crippen LogP contribution in [-0.4, -0.2) is 23.2 Å². The van der Waals surface area contributed by atoms with E-state index in [0.29, 0.717) is 12.3 Å². The fourth-order valence-corrected chi connectivity index (χ4v) is 2.16. The number of benzene rings is 1. The summed E-state index contributed by atoms with van der Waals surface area (Å²) in [6, 6.07) is 6.33. The first-order valence-electron chi connectivity index (χ1n) is 6.04. The largest absolute Gasteiger partial charge is 0.376 e. The molecule has 0 aromatic heterocycles. The molecule has 0 aliphatic carbocycles. The first kappa shape index (κ1) is 13.3. The van der Waals surface area contributed by atoms with E-state index in [1.165, 1.54) is 6.07 Å². The highest BCUT2D eigenvalue weighted by atomic mass is 16.6. The Morgan fingerprint density at radius 2 is 2.37 bits per heavy atom. The van der Waals surface area contributed by atoms with Crippen LogP contribution in [0.5, 0.6) is 0 Å². The molecule has 0 amide bonds. The maximum atomic E-state index is 11.1. The van der Waals surface area contributed by atoms with Gasteiger partial charge in [-0.3, -0.25) is 10.1 Å². The van der Waals surface area contributed by atoms with E-state index in [9.17, 15) is 10.1 Å². The maximum absolute atomic E-state index is 11.1. The standard InChI is InChI=1S/C13H15N3O3/c1-9-13(2,5-6-19-9)15-11-4-3-10(8-14)7-12(11)16(17)18/h3-4,7,9,15H,5-6H2,1-2H3/t9-,13+/m1/s1. The Hall–Kier alpha value is -2.13. The van der Waals surface area contributed by atoms with Crippen LogP contribution in [0.4, 0.5) is 11.4 Å². The third-order valence-electron chi connectivity index (χ3n) is 3.63. The molecule has 1 N–H and O–H groups in total. The van der Waals surface area contributed by atoms with Gasteiger partial charge in [-0.1, -0.05) is 0 Å². The average molecular weight is 261 g/mol. The van der Waals surface area contributed by atoms with Crippen molar-refractivity contribution in [3.05, 3.63) is 33.9 Å². The highest BCUT2D eigenvalue weighted by Gasteiger charge is 2.38. The summed E-state index contributed by atoms with van der Waals surface area (Å²) < 4.78 is 5.50. The van der Waals surface area contributed by atoms with Crippen molar-refractivity contribution >= 4 is 11.4 Å². The quantitative estimate of drug-likeness (QED) is 0.666. The van der Waals surface area contributed by atoms with Crippen LogP contribution in [-0.2, 0) is 4.74 Å². The second kappa shape index (κ2) is 4.86. The summed E-state index contributed by atoms with van der Waals surface area (Å²) in [5.41, 5.74) is 0.278. The molecule has 19 heavy (non-hydrogen) atoms. The van der Waals surface area contributed by atoms with E-state index < -0.39 is 4.92 Å². The third kappa shape index (κ3) is 2.51. The fourth-order valence-electron chi connectivity index (χ4n) is 2.16. The van der Waals surface area contributed by atoms with Gasteiger partial charge in [0.05, 0.1) is 28.2 Å². The Morgan fingerprint density at radius 3 is 2.89 bits per heavy atom. The number of hydrogen-bond acceptors (Lipinski definition) is 5. The van der Waals surface area contributed by atoms with Crippen molar-refractivity contribution in [1.82, 2.24) is 0 Å². The third-order valence-corrected chi connectivity index (χ3v) is 3.63. The molecule has 0 radical (unpaired) electrons. The molecule has 1 aliphatic rings. The summed E-state index contributed by atoms with van der Waals surface area (Å²) in [7, 11) is 0. The van der Waals surface area contributed by atoms with Crippen LogP contribution in [0.2, 0.25) is 0 Å². The maximum Gasteiger partial charge on any atom is 0.293 e. The van der Waals surface area contributed by atoms with Crippen LogP contribution < -0.4 is 5.32 Å². The van der Waals surface area contributed by atoms with Crippen molar-refractivity contribution in [3.63, 3.8) is 0 Å². The van der Waals surface area contributed by atoms with Crippen LogP contribution >= 0.6 is 0 Å². The van der Waals surface area contributed by atoms with Crippen LogP contribution in [0.15, 0.2) is 18.2 Å². The van der Waals surface area contributed by atoms with Gasteiger partial charge in [-0.25, -0.2) is 0 Å². The first-order chi connectivity index (χ1) is 8.96. The van der Waals surface area contributed by atoms with Crippen LogP contribution in [0.25, 0.3) is 0 Å². The van der Waals surface area contributed by atoms with Gasteiger partial charge >= 0.3 is 0 Å². The zero-order chi connectivity index (χ0) is 14.0. The lowest BCUT2D eigenvalue weighted by molar-refractivity contribution is -0.384. The van der Waals surface area contributed by atoms with Crippen molar-refractivity contribution in [3.8, 4) is 6.07 Å². The van der Waals surface area contributed by atoms with Crippen molar-refractivity contribution in [2.24, 2.45) is 0 Å². The lowest BCUT2D eigenvalue weighted by Crippen LogP contribution is -2.41. The smallest absolute Gasteiger partial charge is 0.293 e. The Morgan fingerprint density at radius 1 is 1.63 bits per heavy atom. The first-order valence-corrected chi connectivity index (χ1v) is 6.04. The SMILES string of the molecule is C[C@H]1OCC[C@]1(C)Nc1ccc(C#N)cc1[N+](=O)[O-]. The highest BCUT2D eigenvalue weighted by molar-refractivity contribution is 5.65.